The fraction of sp³-hybridized carbons (Fsp3) is 0.500. The van der Waals surface area contributed by atoms with Crippen LogP contribution < -0.4 is 10.2 Å². The maximum absolute atomic E-state index is 13.0. The molecule has 138 valence electrons. The number of nitrogens with zero attached hydrogens (tertiary/aromatic N) is 3. The Bertz CT molecular complexity index is 774. The molecule has 0 unspecified atom stereocenters. The SMILES string of the molecule is Cn1nc(C2CCCC2)cc1NC(=O)c1ccccc1N1CCOCC1. The van der Waals surface area contributed by atoms with Gasteiger partial charge in [0.25, 0.3) is 5.91 Å². The fourth-order valence-corrected chi connectivity index (χ4v) is 3.96. The van der Waals surface area contributed by atoms with Crippen molar-refractivity contribution >= 4 is 17.4 Å². The molecule has 4 rings (SSSR count). The first kappa shape index (κ1) is 17.1. The molecule has 2 aromatic rings. The lowest BCUT2D eigenvalue weighted by Crippen LogP contribution is -2.37. The predicted molar refractivity (Wildman–Crippen MR) is 102 cm³/mol. The minimum atomic E-state index is -0.0898. The third-order valence-corrected chi connectivity index (χ3v) is 5.41. The summed E-state index contributed by atoms with van der Waals surface area (Å²) in [5.74, 6) is 1.20. The average Bonchev–Trinajstić information content (AvgIpc) is 3.33. The van der Waals surface area contributed by atoms with Crippen LogP contribution in [0.3, 0.4) is 0 Å². The van der Waals surface area contributed by atoms with Crippen LogP contribution in [0.1, 0.15) is 47.7 Å². The number of carbonyl (C=O) groups excluding carboxylic acids is 1. The first-order valence-electron chi connectivity index (χ1n) is 9.49. The molecule has 1 aromatic heterocycles. The van der Waals surface area contributed by atoms with Crippen molar-refractivity contribution in [2.75, 3.05) is 36.5 Å². The first-order valence-corrected chi connectivity index (χ1v) is 9.49. The van der Waals surface area contributed by atoms with Crippen LogP contribution in [-0.4, -0.2) is 42.0 Å². The number of amides is 1. The predicted octanol–water partition coefficient (Wildman–Crippen LogP) is 3.17. The van der Waals surface area contributed by atoms with Crippen LogP contribution in [-0.2, 0) is 11.8 Å². The summed E-state index contributed by atoms with van der Waals surface area (Å²) in [5.41, 5.74) is 2.76. The second kappa shape index (κ2) is 7.50. The number of nitrogens with one attached hydrogen (secondary N) is 1. The van der Waals surface area contributed by atoms with E-state index in [2.05, 4.69) is 15.3 Å². The summed E-state index contributed by atoms with van der Waals surface area (Å²) in [5, 5.41) is 7.68. The fourth-order valence-electron chi connectivity index (χ4n) is 3.96. The highest BCUT2D eigenvalue weighted by Gasteiger charge is 2.23. The van der Waals surface area contributed by atoms with Crippen LogP contribution in [0.15, 0.2) is 30.3 Å². The number of anilines is 2. The Balaban J connectivity index is 1.53. The number of rotatable bonds is 4. The molecule has 0 bridgehead atoms. The van der Waals surface area contributed by atoms with Gasteiger partial charge in [-0.3, -0.25) is 9.48 Å². The van der Waals surface area contributed by atoms with Crippen molar-refractivity contribution in [2.45, 2.75) is 31.6 Å². The Morgan fingerprint density at radius 2 is 1.92 bits per heavy atom. The highest BCUT2D eigenvalue weighted by molar-refractivity contribution is 6.07. The molecular formula is C20H26N4O2. The van der Waals surface area contributed by atoms with Gasteiger partial charge in [-0.1, -0.05) is 25.0 Å². The number of aryl methyl sites for hydroxylation is 1. The maximum Gasteiger partial charge on any atom is 0.258 e. The molecule has 2 aliphatic rings. The van der Waals surface area contributed by atoms with Gasteiger partial charge in [-0.15, -0.1) is 0 Å². The Labute approximate surface area is 154 Å². The van der Waals surface area contributed by atoms with Crippen molar-refractivity contribution in [1.82, 2.24) is 9.78 Å². The molecule has 1 aromatic carbocycles. The summed E-state index contributed by atoms with van der Waals surface area (Å²) in [6, 6.07) is 9.81. The summed E-state index contributed by atoms with van der Waals surface area (Å²) >= 11 is 0. The number of para-hydroxylation sites is 1. The molecule has 1 saturated heterocycles. The monoisotopic (exact) mass is 354 g/mol. The summed E-state index contributed by atoms with van der Waals surface area (Å²) in [4.78, 5) is 15.2. The van der Waals surface area contributed by atoms with E-state index in [-0.39, 0.29) is 5.91 Å². The van der Waals surface area contributed by atoms with Gasteiger partial charge in [-0.2, -0.15) is 5.10 Å². The Kier molecular flexibility index (Phi) is 4.93. The van der Waals surface area contributed by atoms with Gasteiger partial charge in [-0.25, -0.2) is 0 Å². The lowest BCUT2D eigenvalue weighted by Gasteiger charge is -2.30. The van der Waals surface area contributed by atoms with Crippen LogP contribution in [0.25, 0.3) is 0 Å². The Hall–Kier alpha value is -2.34. The molecular weight excluding hydrogens is 328 g/mol. The van der Waals surface area contributed by atoms with Gasteiger partial charge in [-0.05, 0) is 25.0 Å². The molecule has 2 heterocycles. The quantitative estimate of drug-likeness (QED) is 0.916. The second-order valence-corrected chi connectivity index (χ2v) is 7.13. The van der Waals surface area contributed by atoms with Gasteiger partial charge in [0.15, 0.2) is 0 Å². The van der Waals surface area contributed by atoms with Gasteiger partial charge in [0.05, 0.1) is 24.5 Å². The highest BCUT2D eigenvalue weighted by Crippen LogP contribution is 2.34. The van der Waals surface area contributed by atoms with Crippen molar-refractivity contribution < 1.29 is 9.53 Å². The lowest BCUT2D eigenvalue weighted by molar-refractivity contribution is 0.102. The zero-order chi connectivity index (χ0) is 17.9. The van der Waals surface area contributed by atoms with Gasteiger partial charge >= 0.3 is 0 Å². The van der Waals surface area contributed by atoms with Crippen molar-refractivity contribution in [2.24, 2.45) is 7.05 Å². The topological polar surface area (TPSA) is 59.4 Å². The maximum atomic E-state index is 13.0. The highest BCUT2D eigenvalue weighted by atomic mass is 16.5. The molecule has 6 nitrogen and oxygen atoms in total. The minimum Gasteiger partial charge on any atom is -0.378 e. The third-order valence-electron chi connectivity index (χ3n) is 5.41. The normalized spacial score (nSPS) is 18.3. The van der Waals surface area contributed by atoms with Crippen LogP contribution in [0.4, 0.5) is 11.5 Å². The zero-order valence-corrected chi connectivity index (χ0v) is 15.3. The summed E-state index contributed by atoms with van der Waals surface area (Å²) in [6.07, 6.45) is 4.94. The van der Waals surface area contributed by atoms with E-state index in [1.165, 1.54) is 25.7 Å². The molecule has 6 heteroatoms. The van der Waals surface area contributed by atoms with E-state index in [1.807, 2.05) is 37.4 Å². The van der Waals surface area contributed by atoms with Crippen LogP contribution >= 0.6 is 0 Å². The van der Waals surface area contributed by atoms with E-state index >= 15 is 0 Å². The largest absolute Gasteiger partial charge is 0.378 e. The van der Waals surface area contributed by atoms with E-state index in [0.29, 0.717) is 24.7 Å². The number of carbonyl (C=O) groups is 1. The van der Waals surface area contributed by atoms with Gasteiger partial charge in [0.2, 0.25) is 0 Å². The van der Waals surface area contributed by atoms with Crippen LogP contribution in [0.5, 0.6) is 0 Å². The van der Waals surface area contributed by atoms with E-state index in [1.54, 1.807) is 4.68 Å². The molecule has 1 aliphatic heterocycles. The van der Waals surface area contributed by atoms with Crippen molar-refractivity contribution in [3.05, 3.63) is 41.6 Å². The minimum absolute atomic E-state index is 0.0898. The lowest BCUT2D eigenvalue weighted by atomic mass is 10.0. The standard InChI is InChI=1S/C20H26N4O2/c1-23-19(14-17(22-23)15-6-2-3-7-15)21-20(25)16-8-4-5-9-18(16)24-10-12-26-13-11-24/h4-5,8-9,14-15H,2-3,6-7,10-13H2,1H3,(H,21,25). The molecule has 1 saturated carbocycles. The summed E-state index contributed by atoms with van der Waals surface area (Å²) in [7, 11) is 1.89. The molecule has 26 heavy (non-hydrogen) atoms. The number of benzene rings is 1. The van der Waals surface area contributed by atoms with Crippen LogP contribution in [0, 0.1) is 0 Å². The molecule has 1 N–H and O–H groups in total. The molecule has 0 radical (unpaired) electrons. The number of hydrogen-bond donors (Lipinski definition) is 1. The van der Waals surface area contributed by atoms with Gasteiger partial charge < -0.3 is 15.0 Å². The zero-order valence-electron chi connectivity index (χ0n) is 15.3. The number of hydrogen-bond acceptors (Lipinski definition) is 4. The summed E-state index contributed by atoms with van der Waals surface area (Å²) < 4.78 is 7.21. The molecule has 1 amide bonds. The number of morpholine rings is 1. The van der Waals surface area contributed by atoms with Crippen molar-refractivity contribution in [3.8, 4) is 0 Å². The molecule has 2 fully saturated rings. The third kappa shape index (κ3) is 3.46. The van der Waals surface area contributed by atoms with E-state index in [9.17, 15) is 4.79 Å². The first-order chi connectivity index (χ1) is 12.7. The second-order valence-electron chi connectivity index (χ2n) is 7.13. The Morgan fingerprint density at radius 3 is 2.69 bits per heavy atom. The molecule has 0 spiro atoms. The Morgan fingerprint density at radius 1 is 1.19 bits per heavy atom. The van der Waals surface area contributed by atoms with Crippen molar-refractivity contribution in [1.29, 1.82) is 0 Å². The molecule has 0 atom stereocenters. The summed E-state index contributed by atoms with van der Waals surface area (Å²) in [6.45, 7) is 3.01. The number of aromatic nitrogens is 2. The van der Waals surface area contributed by atoms with E-state index < -0.39 is 0 Å². The average molecular weight is 354 g/mol. The van der Waals surface area contributed by atoms with Gasteiger partial charge in [0.1, 0.15) is 5.82 Å². The number of ether oxygens (including phenoxy) is 1. The van der Waals surface area contributed by atoms with E-state index in [4.69, 9.17) is 4.74 Å². The van der Waals surface area contributed by atoms with Crippen LogP contribution in [0.2, 0.25) is 0 Å². The van der Waals surface area contributed by atoms with E-state index in [0.717, 1.165) is 30.3 Å². The van der Waals surface area contributed by atoms with Gasteiger partial charge in [0, 0.05) is 37.8 Å². The smallest absolute Gasteiger partial charge is 0.258 e. The molecule has 1 aliphatic carbocycles. The van der Waals surface area contributed by atoms with Crippen molar-refractivity contribution in [3.63, 3.8) is 0 Å².